The van der Waals surface area contributed by atoms with Crippen LogP contribution in [-0.2, 0) is 10.0 Å². The molecule has 0 aliphatic heterocycles. The highest BCUT2D eigenvalue weighted by Crippen LogP contribution is 2.23. The van der Waals surface area contributed by atoms with Crippen LogP contribution in [0.2, 0.25) is 0 Å². The van der Waals surface area contributed by atoms with Crippen LogP contribution in [0.1, 0.15) is 17.3 Å². The Morgan fingerprint density at radius 1 is 1.00 bits per heavy atom. The molecule has 32 heavy (non-hydrogen) atoms. The third-order valence-electron chi connectivity index (χ3n) is 4.26. The van der Waals surface area contributed by atoms with Gasteiger partial charge in [0, 0.05) is 17.3 Å². The zero-order valence-electron chi connectivity index (χ0n) is 16.9. The van der Waals surface area contributed by atoms with E-state index in [2.05, 4.69) is 15.6 Å². The lowest BCUT2D eigenvalue weighted by Gasteiger charge is -2.11. The number of anilines is 2. The molecule has 0 unspecified atom stereocenters. The highest BCUT2D eigenvalue weighted by atomic mass is 32.2. The number of nitro groups is 1. The van der Waals surface area contributed by atoms with Crippen LogP contribution in [-0.4, -0.2) is 25.9 Å². The van der Waals surface area contributed by atoms with Crippen molar-refractivity contribution in [2.75, 3.05) is 16.8 Å². The predicted molar refractivity (Wildman–Crippen MR) is 119 cm³/mol. The Labute approximate surface area is 184 Å². The monoisotopic (exact) mass is 456 g/mol. The summed E-state index contributed by atoms with van der Waals surface area (Å²) in [6.45, 7) is 2.35. The van der Waals surface area contributed by atoms with Crippen LogP contribution in [0.5, 0.6) is 5.75 Å². The van der Waals surface area contributed by atoms with Crippen molar-refractivity contribution in [3.05, 3.63) is 88.5 Å². The van der Waals surface area contributed by atoms with Crippen molar-refractivity contribution in [2.24, 2.45) is 0 Å². The molecule has 0 aliphatic rings. The zero-order valence-corrected chi connectivity index (χ0v) is 17.8. The number of amides is 1. The minimum atomic E-state index is -3.86. The summed E-state index contributed by atoms with van der Waals surface area (Å²) >= 11 is 0. The number of nitro benzene ring substituents is 1. The fraction of sp³-hybridized carbons (Fsp3) is 0.0952. The number of benzene rings is 3. The fourth-order valence-corrected chi connectivity index (χ4v) is 3.78. The van der Waals surface area contributed by atoms with Crippen LogP contribution in [0.15, 0.2) is 77.7 Å². The summed E-state index contributed by atoms with van der Waals surface area (Å²) < 4.78 is 33.0. The number of hydrogen-bond acceptors (Lipinski definition) is 7. The van der Waals surface area contributed by atoms with Crippen LogP contribution in [0.3, 0.4) is 0 Å². The largest absolute Gasteiger partial charge is 0.494 e. The predicted octanol–water partition coefficient (Wildman–Crippen LogP) is 3.55. The van der Waals surface area contributed by atoms with E-state index in [0.29, 0.717) is 18.0 Å². The molecule has 0 aromatic heterocycles. The van der Waals surface area contributed by atoms with Gasteiger partial charge in [-0.25, -0.2) is 8.42 Å². The Morgan fingerprint density at radius 2 is 1.66 bits per heavy atom. The second kappa shape index (κ2) is 9.79. The first-order valence-corrected chi connectivity index (χ1v) is 10.9. The van der Waals surface area contributed by atoms with Gasteiger partial charge in [0.2, 0.25) is 0 Å². The third kappa shape index (κ3) is 5.52. The number of hydrogen-bond donors (Lipinski definition) is 3. The first-order valence-electron chi connectivity index (χ1n) is 9.45. The normalized spacial score (nSPS) is 10.8. The minimum Gasteiger partial charge on any atom is -0.494 e. The molecule has 0 spiro atoms. The van der Waals surface area contributed by atoms with E-state index in [9.17, 15) is 23.3 Å². The second-order valence-corrected chi connectivity index (χ2v) is 8.12. The Balaban J connectivity index is 1.66. The summed E-state index contributed by atoms with van der Waals surface area (Å²) in [7, 11) is -3.86. The third-order valence-corrected chi connectivity index (χ3v) is 5.65. The van der Waals surface area contributed by atoms with Gasteiger partial charge in [-0.3, -0.25) is 30.5 Å². The van der Waals surface area contributed by atoms with Crippen molar-refractivity contribution in [3.8, 4) is 5.75 Å². The first-order chi connectivity index (χ1) is 15.3. The minimum absolute atomic E-state index is 0.0328. The smallest absolute Gasteiger partial charge is 0.294 e. The van der Waals surface area contributed by atoms with Gasteiger partial charge in [0.25, 0.3) is 21.6 Å². The van der Waals surface area contributed by atoms with Crippen LogP contribution in [0.25, 0.3) is 0 Å². The topological polar surface area (TPSA) is 140 Å². The molecule has 0 atom stereocenters. The van der Waals surface area contributed by atoms with Gasteiger partial charge in [0.1, 0.15) is 11.4 Å². The molecule has 0 bridgehead atoms. The molecule has 0 saturated carbocycles. The molecule has 3 rings (SSSR count). The Morgan fingerprint density at radius 3 is 2.28 bits per heavy atom. The van der Waals surface area contributed by atoms with Gasteiger partial charge in [0.05, 0.1) is 16.4 Å². The Hall–Kier alpha value is -4.12. The molecule has 3 N–H and O–H groups in total. The van der Waals surface area contributed by atoms with Crippen molar-refractivity contribution in [3.63, 3.8) is 0 Å². The first kappa shape index (κ1) is 22.6. The molecule has 3 aromatic rings. The molecule has 3 aromatic carbocycles. The van der Waals surface area contributed by atoms with E-state index >= 15 is 0 Å². The van der Waals surface area contributed by atoms with E-state index in [0.717, 1.165) is 0 Å². The van der Waals surface area contributed by atoms with E-state index in [1.165, 1.54) is 42.5 Å². The lowest BCUT2D eigenvalue weighted by molar-refractivity contribution is -0.384. The van der Waals surface area contributed by atoms with Gasteiger partial charge in [0.15, 0.2) is 0 Å². The SMILES string of the molecule is CCOc1ccc(NS(=O)(=O)c2ccc(C(=O)NNc3ccccc3[N+](=O)[O-])cc2)cc1. The second-order valence-electron chi connectivity index (χ2n) is 6.44. The molecular formula is C21H20N4O6S. The van der Waals surface area contributed by atoms with Crippen molar-refractivity contribution < 1.29 is 22.9 Å². The summed E-state index contributed by atoms with van der Waals surface area (Å²) in [5.74, 6) is 0.0341. The zero-order chi connectivity index (χ0) is 23.1. The van der Waals surface area contributed by atoms with E-state index in [-0.39, 0.29) is 21.8 Å². The van der Waals surface area contributed by atoms with E-state index in [1.54, 1.807) is 30.3 Å². The molecule has 0 radical (unpaired) electrons. The van der Waals surface area contributed by atoms with Crippen molar-refractivity contribution >= 4 is 33.0 Å². The molecule has 11 heteroatoms. The average molecular weight is 456 g/mol. The number of rotatable bonds is 9. The van der Waals surface area contributed by atoms with Gasteiger partial charge < -0.3 is 4.74 Å². The summed E-state index contributed by atoms with van der Waals surface area (Å²) in [6, 6.07) is 17.5. The fourth-order valence-electron chi connectivity index (χ4n) is 2.72. The molecule has 0 saturated heterocycles. The van der Waals surface area contributed by atoms with Crippen molar-refractivity contribution in [1.29, 1.82) is 0 Å². The van der Waals surface area contributed by atoms with Gasteiger partial charge in [-0.15, -0.1) is 0 Å². The van der Waals surface area contributed by atoms with Gasteiger partial charge in [-0.05, 0) is 61.5 Å². The molecule has 1 amide bonds. The molecule has 0 aliphatic carbocycles. The van der Waals surface area contributed by atoms with Gasteiger partial charge >= 0.3 is 0 Å². The van der Waals surface area contributed by atoms with E-state index in [1.807, 2.05) is 6.92 Å². The van der Waals surface area contributed by atoms with E-state index in [4.69, 9.17) is 4.74 Å². The van der Waals surface area contributed by atoms with Crippen molar-refractivity contribution in [2.45, 2.75) is 11.8 Å². The summed E-state index contributed by atoms with van der Waals surface area (Å²) in [5, 5.41) is 11.0. The number of sulfonamides is 1. The maximum absolute atomic E-state index is 12.6. The van der Waals surface area contributed by atoms with Crippen LogP contribution in [0.4, 0.5) is 17.1 Å². The van der Waals surface area contributed by atoms with Crippen LogP contribution < -0.4 is 20.3 Å². The number of carbonyl (C=O) groups excluding carboxylic acids is 1. The average Bonchev–Trinajstić information content (AvgIpc) is 2.79. The number of ether oxygens (including phenoxy) is 1. The lowest BCUT2D eigenvalue weighted by atomic mass is 10.2. The summed E-state index contributed by atoms with van der Waals surface area (Å²) in [5.41, 5.74) is 5.30. The highest BCUT2D eigenvalue weighted by Gasteiger charge is 2.16. The molecular weight excluding hydrogens is 436 g/mol. The maximum atomic E-state index is 12.6. The maximum Gasteiger partial charge on any atom is 0.294 e. The standard InChI is InChI=1S/C21H20N4O6S/c1-2-31-17-11-9-16(10-12-17)24-32(29,30)18-13-7-15(8-14-18)21(26)23-22-19-5-3-4-6-20(19)25(27)28/h3-14,22,24H,2H2,1H3,(H,23,26). The van der Waals surface area contributed by atoms with Gasteiger partial charge in [-0.2, -0.15) is 0 Å². The number of para-hydroxylation sites is 2. The summed E-state index contributed by atoms with van der Waals surface area (Å²) in [4.78, 5) is 22.7. The summed E-state index contributed by atoms with van der Waals surface area (Å²) in [6.07, 6.45) is 0. The molecule has 0 heterocycles. The van der Waals surface area contributed by atoms with Gasteiger partial charge in [-0.1, -0.05) is 12.1 Å². The quantitative estimate of drug-likeness (QED) is 0.330. The molecule has 0 fully saturated rings. The Bertz CT molecular complexity index is 1210. The molecule has 10 nitrogen and oxygen atoms in total. The van der Waals surface area contributed by atoms with Crippen molar-refractivity contribution in [1.82, 2.24) is 5.43 Å². The number of carbonyl (C=O) groups is 1. The van der Waals surface area contributed by atoms with Crippen LogP contribution in [0, 0.1) is 10.1 Å². The lowest BCUT2D eigenvalue weighted by Crippen LogP contribution is -2.29. The number of nitrogens with zero attached hydrogens (tertiary/aromatic N) is 1. The number of nitrogens with one attached hydrogen (secondary N) is 3. The highest BCUT2D eigenvalue weighted by molar-refractivity contribution is 7.92. The molecule has 166 valence electrons. The van der Waals surface area contributed by atoms with E-state index < -0.39 is 20.9 Å². The Kier molecular flexibility index (Phi) is 6.90. The van der Waals surface area contributed by atoms with Crippen LogP contribution >= 0.6 is 0 Å². The number of hydrazine groups is 1.